The topological polar surface area (TPSA) is 64.4 Å². The van der Waals surface area contributed by atoms with Gasteiger partial charge in [-0.05, 0) is 26.2 Å². The van der Waals surface area contributed by atoms with E-state index < -0.39 is 5.54 Å². The summed E-state index contributed by atoms with van der Waals surface area (Å²) in [5, 5.41) is 3.13. The van der Waals surface area contributed by atoms with Crippen LogP contribution < -0.4 is 11.1 Å². The summed E-state index contributed by atoms with van der Waals surface area (Å²) in [6, 6.07) is 0. The average Bonchev–Trinajstić information content (AvgIpc) is 2.67. The van der Waals surface area contributed by atoms with Crippen LogP contribution in [0.1, 0.15) is 45.4 Å². The maximum absolute atomic E-state index is 12.1. The van der Waals surface area contributed by atoms with E-state index in [9.17, 15) is 4.79 Å². The number of rotatable bonds is 2. The zero-order chi connectivity index (χ0) is 11.6. The van der Waals surface area contributed by atoms with Crippen molar-refractivity contribution in [1.29, 1.82) is 0 Å². The van der Waals surface area contributed by atoms with E-state index in [0.717, 1.165) is 12.8 Å². The second-order valence-electron chi connectivity index (χ2n) is 5.53. The molecule has 0 aromatic heterocycles. The molecule has 3 N–H and O–H groups in total. The number of hydrogen-bond acceptors (Lipinski definition) is 3. The lowest BCUT2D eigenvalue weighted by Gasteiger charge is -2.37. The molecular weight excluding hydrogens is 204 g/mol. The Bertz CT molecular complexity index is 266. The number of nitrogens with two attached hydrogens (primary N) is 1. The Balaban J connectivity index is 1.95. The maximum Gasteiger partial charge on any atom is 0.242 e. The molecule has 1 unspecified atom stereocenters. The molecule has 4 nitrogen and oxygen atoms in total. The van der Waals surface area contributed by atoms with Crippen LogP contribution in [0.2, 0.25) is 0 Å². The van der Waals surface area contributed by atoms with Crippen LogP contribution in [0.4, 0.5) is 0 Å². The number of carbonyl (C=O) groups is 1. The highest BCUT2D eigenvalue weighted by molar-refractivity contribution is 5.87. The first kappa shape index (κ1) is 11.9. The molecular formula is C12H22N2O2. The van der Waals surface area contributed by atoms with Gasteiger partial charge in [0.25, 0.3) is 0 Å². The normalized spacial score (nSPS) is 33.6. The third-order valence-electron chi connectivity index (χ3n) is 3.88. The fourth-order valence-electron chi connectivity index (χ4n) is 2.62. The minimum Gasteiger partial charge on any atom is -0.379 e. The second-order valence-corrected chi connectivity index (χ2v) is 5.53. The lowest BCUT2D eigenvalue weighted by atomic mass is 9.82. The average molecular weight is 226 g/mol. The molecule has 0 radical (unpaired) electrons. The van der Waals surface area contributed by atoms with E-state index in [4.69, 9.17) is 10.5 Å². The third kappa shape index (κ3) is 2.38. The monoisotopic (exact) mass is 226 g/mol. The van der Waals surface area contributed by atoms with E-state index in [2.05, 4.69) is 12.2 Å². The van der Waals surface area contributed by atoms with Gasteiger partial charge < -0.3 is 15.8 Å². The summed E-state index contributed by atoms with van der Waals surface area (Å²) >= 11 is 0. The number of nitrogens with one attached hydrogen (secondary N) is 1. The van der Waals surface area contributed by atoms with E-state index in [1.807, 2.05) is 0 Å². The summed E-state index contributed by atoms with van der Waals surface area (Å²) in [4.78, 5) is 12.1. The Morgan fingerprint density at radius 3 is 2.50 bits per heavy atom. The molecule has 16 heavy (non-hydrogen) atoms. The number of hydrogen-bond donors (Lipinski definition) is 2. The molecule has 1 aliphatic heterocycles. The third-order valence-corrected chi connectivity index (χ3v) is 3.88. The molecule has 4 heteroatoms. The summed E-state index contributed by atoms with van der Waals surface area (Å²) in [5.41, 5.74) is 5.20. The largest absolute Gasteiger partial charge is 0.379 e. The maximum atomic E-state index is 12.1. The second kappa shape index (κ2) is 4.34. The van der Waals surface area contributed by atoms with Gasteiger partial charge in [0, 0.05) is 12.1 Å². The van der Waals surface area contributed by atoms with E-state index >= 15 is 0 Å². The first-order valence-corrected chi connectivity index (χ1v) is 6.23. The van der Waals surface area contributed by atoms with Crippen molar-refractivity contribution in [1.82, 2.24) is 5.32 Å². The van der Waals surface area contributed by atoms with Gasteiger partial charge in [-0.25, -0.2) is 0 Å². The van der Waals surface area contributed by atoms with Crippen molar-refractivity contribution in [3.05, 3.63) is 0 Å². The van der Waals surface area contributed by atoms with Crippen molar-refractivity contribution in [2.24, 2.45) is 5.73 Å². The summed E-state index contributed by atoms with van der Waals surface area (Å²) in [7, 11) is 0. The molecule has 0 spiro atoms. The minimum absolute atomic E-state index is 0.0330. The summed E-state index contributed by atoms with van der Waals surface area (Å²) in [5.74, 6) is -0.0330. The van der Waals surface area contributed by atoms with Gasteiger partial charge in [0.05, 0.1) is 6.61 Å². The molecule has 1 atom stereocenters. The van der Waals surface area contributed by atoms with Crippen molar-refractivity contribution in [2.45, 2.75) is 56.5 Å². The molecule has 0 aromatic carbocycles. The van der Waals surface area contributed by atoms with Crippen LogP contribution in [0.3, 0.4) is 0 Å². The van der Waals surface area contributed by atoms with Gasteiger partial charge in [-0.2, -0.15) is 0 Å². The molecule has 0 bridgehead atoms. The molecule has 2 fully saturated rings. The van der Waals surface area contributed by atoms with Crippen molar-refractivity contribution in [2.75, 3.05) is 13.2 Å². The van der Waals surface area contributed by atoms with Crippen LogP contribution in [0.15, 0.2) is 0 Å². The Labute approximate surface area is 96.9 Å². The molecule has 0 aromatic rings. The highest BCUT2D eigenvalue weighted by atomic mass is 16.5. The SMILES string of the molecule is CC1(NC(=O)C2(N)CCOC2)CCCCC1. The van der Waals surface area contributed by atoms with Gasteiger partial charge >= 0.3 is 0 Å². The van der Waals surface area contributed by atoms with Crippen molar-refractivity contribution < 1.29 is 9.53 Å². The molecule has 1 amide bonds. The lowest BCUT2D eigenvalue weighted by molar-refractivity contribution is -0.128. The van der Waals surface area contributed by atoms with E-state index in [1.165, 1.54) is 19.3 Å². The Kier molecular flexibility index (Phi) is 3.22. The summed E-state index contributed by atoms with van der Waals surface area (Å²) in [6.07, 6.45) is 6.44. The zero-order valence-corrected chi connectivity index (χ0v) is 10.1. The van der Waals surface area contributed by atoms with Crippen LogP contribution in [-0.2, 0) is 9.53 Å². The molecule has 1 heterocycles. The van der Waals surface area contributed by atoms with Crippen molar-refractivity contribution in [3.8, 4) is 0 Å². The van der Waals surface area contributed by atoms with Gasteiger partial charge in [0.15, 0.2) is 0 Å². The van der Waals surface area contributed by atoms with Crippen LogP contribution in [0, 0.1) is 0 Å². The molecule has 2 aliphatic rings. The minimum atomic E-state index is -0.791. The molecule has 1 aliphatic carbocycles. The van der Waals surface area contributed by atoms with E-state index in [0.29, 0.717) is 19.6 Å². The number of carbonyl (C=O) groups excluding carboxylic acids is 1. The highest BCUT2D eigenvalue weighted by Crippen LogP contribution is 2.28. The Morgan fingerprint density at radius 1 is 1.25 bits per heavy atom. The zero-order valence-electron chi connectivity index (χ0n) is 10.1. The number of ether oxygens (including phenoxy) is 1. The van der Waals surface area contributed by atoms with Gasteiger partial charge in [-0.15, -0.1) is 0 Å². The lowest BCUT2D eigenvalue weighted by Crippen LogP contribution is -2.60. The predicted molar refractivity (Wildman–Crippen MR) is 62.0 cm³/mol. The quantitative estimate of drug-likeness (QED) is 0.736. The van der Waals surface area contributed by atoms with Crippen LogP contribution in [0.25, 0.3) is 0 Å². The van der Waals surface area contributed by atoms with Crippen LogP contribution in [0.5, 0.6) is 0 Å². The first-order valence-electron chi connectivity index (χ1n) is 6.23. The highest BCUT2D eigenvalue weighted by Gasteiger charge is 2.41. The van der Waals surface area contributed by atoms with Crippen LogP contribution >= 0.6 is 0 Å². The van der Waals surface area contributed by atoms with Gasteiger partial charge in [-0.1, -0.05) is 19.3 Å². The van der Waals surface area contributed by atoms with Crippen LogP contribution in [-0.4, -0.2) is 30.2 Å². The number of amides is 1. The molecule has 1 saturated heterocycles. The fraction of sp³-hybridized carbons (Fsp3) is 0.917. The van der Waals surface area contributed by atoms with Gasteiger partial charge in [0.2, 0.25) is 5.91 Å². The van der Waals surface area contributed by atoms with Gasteiger partial charge in [-0.3, -0.25) is 4.79 Å². The van der Waals surface area contributed by atoms with E-state index in [1.54, 1.807) is 0 Å². The Hall–Kier alpha value is -0.610. The Morgan fingerprint density at radius 2 is 1.94 bits per heavy atom. The standard InChI is InChI=1S/C12H22N2O2/c1-11(5-3-2-4-6-11)14-10(15)12(13)7-8-16-9-12/h2-9,13H2,1H3,(H,14,15). The smallest absolute Gasteiger partial charge is 0.242 e. The summed E-state index contributed by atoms with van der Waals surface area (Å²) in [6.45, 7) is 3.08. The van der Waals surface area contributed by atoms with E-state index in [-0.39, 0.29) is 11.4 Å². The summed E-state index contributed by atoms with van der Waals surface area (Å²) < 4.78 is 5.22. The molecule has 2 rings (SSSR count). The van der Waals surface area contributed by atoms with Crippen molar-refractivity contribution >= 4 is 5.91 Å². The van der Waals surface area contributed by atoms with Gasteiger partial charge in [0.1, 0.15) is 5.54 Å². The predicted octanol–water partition coefficient (Wildman–Crippen LogP) is 0.943. The fourth-order valence-corrected chi connectivity index (χ4v) is 2.62. The van der Waals surface area contributed by atoms with Crippen molar-refractivity contribution in [3.63, 3.8) is 0 Å². The first-order chi connectivity index (χ1) is 7.54. The molecule has 1 saturated carbocycles. The molecule has 92 valence electrons.